The van der Waals surface area contributed by atoms with Gasteiger partial charge < -0.3 is 10.2 Å². The molecule has 0 amide bonds. The predicted molar refractivity (Wildman–Crippen MR) is 107 cm³/mol. The number of aliphatic hydroxyl groups excluding tert-OH is 1. The molecule has 3 heteroatoms. The Morgan fingerprint density at radius 2 is 1.93 bits per heavy atom. The Morgan fingerprint density at radius 1 is 1.15 bits per heavy atom. The van der Waals surface area contributed by atoms with E-state index in [4.69, 9.17) is 0 Å². The summed E-state index contributed by atoms with van der Waals surface area (Å²) in [4.78, 5) is 12.1. The van der Waals surface area contributed by atoms with E-state index < -0.39 is 6.29 Å². The average Bonchev–Trinajstić information content (AvgIpc) is 2.93. The third-order valence-corrected chi connectivity index (χ3v) is 9.72. The molecule has 27 heavy (non-hydrogen) atoms. The first-order valence-corrected chi connectivity index (χ1v) is 11.4. The van der Waals surface area contributed by atoms with Crippen molar-refractivity contribution < 1.29 is 15.0 Å². The zero-order valence-corrected chi connectivity index (χ0v) is 17.4. The van der Waals surface area contributed by atoms with Gasteiger partial charge in [0.15, 0.2) is 12.1 Å². The fourth-order valence-corrected chi connectivity index (χ4v) is 8.07. The summed E-state index contributed by atoms with van der Waals surface area (Å²) >= 11 is 0. The molecule has 2 unspecified atom stereocenters. The van der Waals surface area contributed by atoms with Crippen LogP contribution in [0.15, 0.2) is 11.6 Å². The molecule has 0 spiro atoms. The minimum absolute atomic E-state index is 0.233. The fraction of sp³-hybridized carbons (Fsp3) is 0.875. The lowest BCUT2D eigenvalue weighted by Crippen LogP contribution is -2.52. The van der Waals surface area contributed by atoms with Gasteiger partial charge in [-0.1, -0.05) is 26.3 Å². The first-order chi connectivity index (χ1) is 12.8. The van der Waals surface area contributed by atoms with E-state index in [-0.39, 0.29) is 5.41 Å². The molecule has 0 aromatic rings. The van der Waals surface area contributed by atoms with Crippen LogP contribution < -0.4 is 0 Å². The van der Waals surface area contributed by atoms with Crippen molar-refractivity contribution in [2.24, 2.45) is 40.4 Å². The van der Waals surface area contributed by atoms with Crippen LogP contribution in [0.2, 0.25) is 0 Å². The largest absolute Gasteiger partial charge is 0.368 e. The highest BCUT2D eigenvalue weighted by molar-refractivity contribution is 5.92. The van der Waals surface area contributed by atoms with Crippen LogP contribution >= 0.6 is 0 Å². The van der Waals surface area contributed by atoms with E-state index in [1.54, 1.807) is 0 Å². The third-order valence-electron chi connectivity index (χ3n) is 9.72. The van der Waals surface area contributed by atoms with Gasteiger partial charge in [0.25, 0.3) is 0 Å². The van der Waals surface area contributed by atoms with E-state index in [9.17, 15) is 15.0 Å². The second kappa shape index (κ2) is 6.99. The van der Waals surface area contributed by atoms with Crippen LogP contribution in [-0.4, -0.2) is 22.3 Å². The summed E-state index contributed by atoms with van der Waals surface area (Å²) in [6, 6.07) is 0. The zero-order chi connectivity index (χ0) is 19.4. The number of rotatable bonds is 4. The van der Waals surface area contributed by atoms with Gasteiger partial charge in [-0.25, -0.2) is 0 Å². The first-order valence-electron chi connectivity index (χ1n) is 11.4. The molecule has 0 bridgehead atoms. The number of allylic oxidation sites excluding steroid dienone is 1. The maximum atomic E-state index is 12.1. The number of carbonyl (C=O) groups is 1. The van der Waals surface area contributed by atoms with Gasteiger partial charge in [0.05, 0.1) is 0 Å². The quantitative estimate of drug-likeness (QED) is 0.691. The summed E-state index contributed by atoms with van der Waals surface area (Å²) < 4.78 is 0. The van der Waals surface area contributed by atoms with Gasteiger partial charge in [-0.15, -0.1) is 0 Å². The van der Waals surface area contributed by atoms with Crippen molar-refractivity contribution in [2.75, 3.05) is 0 Å². The van der Waals surface area contributed by atoms with Gasteiger partial charge in [0, 0.05) is 6.42 Å². The van der Waals surface area contributed by atoms with Gasteiger partial charge in [-0.05, 0) is 104 Å². The van der Waals surface area contributed by atoms with Crippen LogP contribution in [0.3, 0.4) is 0 Å². The van der Waals surface area contributed by atoms with Gasteiger partial charge >= 0.3 is 0 Å². The van der Waals surface area contributed by atoms with Crippen molar-refractivity contribution in [1.29, 1.82) is 0 Å². The van der Waals surface area contributed by atoms with Gasteiger partial charge in [0.1, 0.15) is 0 Å². The molecule has 3 fully saturated rings. The smallest absolute Gasteiger partial charge is 0.155 e. The summed E-state index contributed by atoms with van der Waals surface area (Å²) in [6.07, 6.45) is 11.9. The highest BCUT2D eigenvalue weighted by atomic mass is 16.5. The van der Waals surface area contributed by atoms with E-state index in [2.05, 4.69) is 20.8 Å². The molecule has 0 saturated heterocycles. The molecule has 0 radical (unpaired) electrons. The summed E-state index contributed by atoms with van der Waals surface area (Å²) in [5, 5.41) is 18.4. The van der Waals surface area contributed by atoms with E-state index in [0.29, 0.717) is 23.5 Å². The second-order valence-corrected chi connectivity index (χ2v) is 10.7. The number of aliphatic hydroxyl groups is 2. The lowest BCUT2D eigenvalue weighted by Gasteiger charge is -2.60. The Hall–Kier alpha value is -0.670. The SMILES string of the molecule is CC1CC(=O)C=C2CC[C@@H]3[C@@H](CC[C@]4(C)C(CCCC(O)O)CC[C@@H]34)[C@]21C. The lowest BCUT2D eigenvalue weighted by molar-refractivity contribution is -0.120. The minimum Gasteiger partial charge on any atom is -0.368 e. The predicted octanol–water partition coefficient (Wildman–Crippen LogP) is 4.86. The van der Waals surface area contributed by atoms with Crippen LogP contribution in [0.5, 0.6) is 0 Å². The van der Waals surface area contributed by atoms with Gasteiger partial charge in [0.2, 0.25) is 0 Å². The molecular formula is C24H38O3. The fourth-order valence-electron chi connectivity index (χ4n) is 8.07. The van der Waals surface area contributed by atoms with Crippen LogP contribution in [0.4, 0.5) is 0 Å². The van der Waals surface area contributed by atoms with E-state index in [1.165, 1.54) is 37.7 Å². The number of fused-ring (bicyclic) bond motifs is 5. The maximum absolute atomic E-state index is 12.1. The number of ketones is 1. The summed E-state index contributed by atoms with van der Waals surface area (Å²) in [5.74, 6) is 3.96. The molecule has 4 aliphatic carbocycles. The van der Waals surface area contributed by atoms with Crippen molar-refractivity contribution in [1.82, 2.24) is 0 Å². The second-order valence-electron chi connectivity index (χ2n) is 10.7. The van der Waals surface area contributed by atoms with E-state index in [0.717, 1.165) is 49.4 Å². The van der Waals surface area contributed by atoms with Crippen LogP contribution in [-0.2, 0) is 4.79 Å². The number of hydrogen-bond acceptors (Lipinski definition) is 3. The molecule has 4 rings (SSSR count). The lowest BCUT2D eigenvalue weighted by atomic mass is 9.45. The molecule has 0 aromatic heterocycles. The Labute approximate surface area is 164 Å². The van der Waals surface area contributed by atoms with Crippen molar-refractivity contribution in [3.05, 3.63) is 11.6 Å². The molecule has 3 nitrogen and oxygen atoms in total. The van der Waals surface area contributed by atoms with Gasteiger partial charge in [-0.2, -0.15) is 0 Å². The molecule has 3 saturated carbocycles. The topological polar surface area (TPSA) is 57.5 Å². The molecule has 7 atom stereocenters. The van der Waals surface area contributed by atoms with E-state index in [1.807, 2.05) is 6.08 Å². The highest BCUT2D eigenvalue weighted by Crippen LogP contribution is 2.67. The maximum Gasteiger partial charge on any atom is 0.155 e. The van der Waals surface area contributed by atoms with Crippen LogP contribution in [0.25, 0.3) is 0 Å². The molecule has 152 valence electrons. The minimum atomic E-state index is -1.15. The molecule has 2 N–H and O–H groups in total. The Balaban J connectivity index is 1.54. The van der Waals surface area contributed by atoms with Crippen molar-refractivity contribution in [3.63, 3.8) is 0 Å². The van der Waals surface area contributed by atoms with Gasteiger partial charge in [-0.3, -0.25) is 4.79 Å². The normalized spacial score (nSPS) is 46.7. The standard InChI is InChI=1S/C24H38O3/c1-15-13-18(25)14-17-7-9-19-20-10-8-16(5-4-6-22(26)27)23(20,2)12-11-21(19)24(15,17)3/h14-16,19-22,26-27H,4-13H2,1-3H3/t15?,16?,19-,20-,21+,23+,24-/m0/s1. The molecule has 0 aromatic carbocycles. The molecule has 0 aliphatic heterocycles. The van der Waals surface area contributed by atoms with E-state index >= 15 is 0 Å². The zero-order valence-electron chi connectivity index (χ0n) is 17.4. The summed E-state index contributed by atoms with van der Waals surface area (Å²) in [7, 11) is 0. The van der Waals surface area contributed by atoms with Crippen molar-refractivity contribution in [3.8, 4) is 0 Å². The van der Waals surface area contributed by atoms with Crippen molar-refractivity contribution >= 4 is 5.78 Å². The Morgan fingerprint density at radius 3 is 2.67 bits per heavy atom. The van der Waals surface area contributed by atoms with Crippen LogP contribution in [0, 0.1) is 40.4 Å². The third kappa shape index (κ3) is 3.04. The molecule has 0 heterocycles. The summed E-state index contributed by atoms with van der Waals surface area (Å²) in [5.41, 5.74) is 2.13. The van der Waals surface area contributed by atoms with Crippen LogP contribution in [0.1, 0.15) is 85.0 Å². The highest BCUT2D eigenvalue weighted by Gasteiger charge is 2.59. The average molecular weight is 375 g/mol. The Bertz CT molecular complexity index is 623. The van der Waals surface area contributed by atoms with Crippen molar-refractivity contribution in [2.45, 2.75) is 91.3 Å². The number of hydrogen-bond donors (Lipinski definition) is 2. The first kappa shape index (κ1) is 19.6. The Kier molecular flexibility index (Phi) is 5.08. The summed E-state index contributed by atoms with van der Waals surface area (Å²) in [6.45, 7) is 7.34. The monoisotopic (exact) mass is 374 g/mol. The number of carbonyl (C=O) groups excluding carboxylic acids is 1. The molecular weight excluding hydrogens is 336 g/mol. The molecule has 4 aliphatic rings.